The summed E-state index contributed by atoms with van der Waals surface area (Å²) in [6.07, 6.45) is 1.13. The van der Waals surface area contributed by atoms with Gasteiger partial charge in [0.1, 0.15) is 17.5 Å². The number of aromatic nitrogens is 2. The van der Waals surface area contributed by atoms with Gasteiger partial charge in [0.25, 0.3) is 0 Å². The molecule has 0 aliphatic heterocycles. The summed E-state index contributed by atoms with van der Waals surface area (Å²) in [4.78, 5) is 8.76. The monoisotopic (exact) mass is 241 g/mol. The van der Waals surface area contributed by atoms with Crippen molar-refractivity contribution in [2.24, 2.45) is 0 Å². The lowest BCUT2D eigenvalue weighted by atomic mass is 10.4. The average molecular weight is 241 g/mol. The first-order valence-electron chi connectivity index (χ1n) is 5.40. The van der Waals surface area contributed by atoms with Gasteiger partial charge in [-0.3, -0.25) is 0 Å². The summed E-state index contributed by atoms with van der Waals surface area (Å²) < 4.78 is 5.05. The molecule has 90 valence electrons. The second kappa shape index (κ2) is 6.70. The van der Waals surface area contributed by atoms with Crippen LogP contribution < -0.4 is 5.32 Å². The maximum Gasteiger partial charge on any atom is 0.157 e. The molecular weight excluding hydrogens is 222 g/mol. The fourth-order valence-electron chi connectivity index (χ4n) is 1.14. The lowest BCUT2D eigenvalue weighted by molar-refractivity contribution is 0.177. The molecule has 1 aromatic rings. The number of nitrogens with one attached hydrogen (secondary N) is 1. The highest BCUT2D eigenvalue weighted by Crippen LogP contribution is 2.24. The Morgan fingerprint density at radius 3 is 2.81 bits per heavy atom. The minimum Gasteiger partial charge on any atom is -0.377 e. The van der Waals surface area contributed by atoms with Crippen LogP contribution in [0.1, 0.15) is 26.1 Å². The van der Waals surface area contributed by atoms with Crippen molar-refractivity contribution >= 4 is 17.6 Å². The Morgan fingerprint density at radius 2 is 2.25 bits per heavy atom. The predicted octanol–water partition coefficient (Wildman–Crippen LogP) is 2.56. The van der Waals surface area contributed by atoms with Crippen LogP contribution in [0, 0.1) is 0 Å². The van der Waals surface area contributed by atoms with E-state index in [9.17, 15) is 0 Å². The normalized spacial score (nSPS) is 12.5. The molecule has 0 radical (unpaired) electrons. The maximum absolute atomic E-state index is 5.05. The summed E-state index contributed by atoms with van der Waals surface area (Å²) >= 11 is 1.77. The number of anilines is 1. The Morgan fingerprint density at radius 1 is 1.50 bits per heavy atom. The fourth-order valence-corrected chi connectivity index (χ4v) is 2.06. The van der Waals surface area contributed by atoms with E-state index in [2.05, 4.69) is 29.1 Å². The minimum absolute atomic E-state index is 0.448. The highest BCUT2D eigenvalue weighted by atomic mass is 32.2. The molecule has 1 heterocycles. The molecule has 5 heteroatoms. The van der Waals surface area contributed by atoms with Gasteiger partial charge >= 0.3 is 0 Å². The molecule has 1 atom stereocenters. The zero-order valence-corrected chi connectivity index (χ0v) is 11.1. The average Bonchev–Trinajstić information content (AvgIpc) is 2.29. The van der Waals surface area contributed by atoms with Gasteiger partial charge in [0.2, 0.25) is 0 Å². The first-order chi connectivity index (χ1) is 7.69. The van der Waals surface area contributed by atoms with E-state index < -0.39 is 0 Å². The summed E-state index contributed by atoms with van der Waals surface area (Å²) in [7, 11) is 3.51. The zero-order valence-electron chi connectivity index (χ0n) is 10.3. The Kier molecular flexibility index (Phi) is 5.55. The van der Waals surface area contributed by atoms with Gasteiger partial charge in [0, 0.05) is 25.5 Å². The summed E-state index contributed by atoms with van der Waals surface area (Å²) in [5.41, 5.74) is 0. The van der Waals surface area contributed by atoms with Crippen LogP contribution in [0.3, 0.4) is 0 Å². The van der Waals surface area contributed by atoms with Gasteiger partial charge in [-0.2, -0.15) is 0 Å². The second-order valence-electron chi connectivity index (χ2n) is 3.53. The van der Waals surface area contributed by atoms with Gasteiger partial charge in [-0.25, -0.2) is 9.97 Å². The van der Waals surface area contributed by atoms with Gasteiger partial charge < -0.3 is 10.1 Å². The molecule has 16 heavy (non-hydrogen) atoms. The molecule has 0 aromatic carbocycles. The van der Waals surface area contributed by atoms with Crippen LogP contribution >= 0.6 is 11.8 Å². The van der Waals surface area contributed by atoms with Crippen molar-refractivity contribution < 1.29 is 4.74 Å². The summed E-state index contributed by atoms with van der Waals surface area (Å²) in [5.74, 6) is 1.56. The van der Waals surface area contributed by atoms with Crippen LogP contribution in [0.2, 0.25) is 0 Å². The topological polar surface area (TPSA) is 47.0 Å². The number of methoxy groups -OCH3 is 1. The van der Waals surface area contributed by atoms with E-state index in [1.807, 2.05) is 13.1 Å². The molecule has 4 nitrogen and oxygen atoms in total. The molecule has 0 aliphatic rings. The summed E-state index contributed by atoms with van der Waals surface area (Å²) in [6.45, 7) is 4.82. The lowest BCUT2D eigenvalue weighted by Crippen LogP contribution is -2.03. The van der Waals surface area contributed by atoms with Crippen molar-refractivity contribution in [1.29, 1.82) is 0 Å². The quantitative estimate of drug-likeness (QED) is 0.612. The Bertz CT molecular complexity index is 333. The van der Waals surface area contributed by atoms with Crippen LogP contribution in [0.25, 0.3) is 0 Å². The SMILES string of the molecule is CCC(C)Sc1cc(NC)nc(COC)n1. The first-order valence-corrected chi connectivity index (χ1v) is 6.28. The van der Waals surface area contributed by atoms with Crippen LogP contribution in [0.4, 0.5) is 5.82 Å². The molecule has 0 saturated heterocycles. The highest BCUT2D eigenvalue weighted by molar-refractivity contribution is 7.99. The van der Waals surface area contributed by atoms with Crippen LogP contribution in [0.15, 0.2) is 11.1 Å². The maximum atomic E-state index is 5.05. The lowest BCUT2D eigenvalue weighted by Gasteiger charge is -2.10. The van der Waals surface area contributed by atoms with Crippen LogP contribution in [0.5, 0.6) is 0 Å². The van der Waals surface area contributed by atoms with E-state index >= 15 is 0 Å². The van der Waals surface area contributed by atoms with Gasteiger partial charge in [-0.15, -0.1) is 11.8 Å². The molecule has 0 fully saturated rings. The minimum atomic E-state index is 0.448. The van der Waals surface area contributed by atoms with E-state index in [4.69, 9.17) is 4.74 Å². The predicted molar refractivity (Wildman–Crippen MR) is 67.9 cm³/mol. The van der Waals surface area contributed by atoms with Crippen LogP contribution in [-0.4, -0.2) is 29.4 Å². The molecule has 0 bridgehead atoms. The Labute approximate surface area is 101 Å². The molecule has 1 unspecified atom stereocenters. The highest BCUT2D eigenvalue weighted by Gasteiger charge is 2.07. The van der Waals surface area contributed by atoms with Crippen molar-refractivity contribution in [1.82, 2.24) is 9.97 Å². The van der Waals surface area contributed by atoms with E-state index in [0.717, 1.165) is 23.1 Å². The molecule has 1 aromatic heterocycles. The standard InChI is InChI=1S/C11H19N3OS/c1-5-8(2)16-11-6-9(12-3)13-10(14-11)7-15-4/h6,8H,5,7H2,1-4H3,(H,12,13,14). The first kappa shape index (κ1) is 13.3. The molecular formula is C11H19N3OS. The van der Waals surface area contributed by atoms with E-state index in [0.29, 0.717) is 11.9 Å². The van der Waals surface area contributed by atoms with E-state index in [-0.39, 0.29) is 0 Å². The van der Waals surface area contributed by atoms with Gasteiger partial charge in [0.05, 0.1) is 0 Å². The smallest absolute Gasteiger partial charge is 0.157 e. The van der Waals surface area contributed by atoms with Crippen molar-refractivity contribution in [3.63, 3.8) is 0 Å². The van der Waals surface area contributed by atoms with Crippen molar-refractivity contribution in [3.8, 4) is 0 Å². The third-order valence-electron chi connectivity index (χ3n) is 2.18. The van der Waals surface area contributed by atoms with Gasteiger partial charge in [-0.05, 0) is 6.42 Å². The molecule has 0 saturated carbocycles. The molecule has 0 aliphatic carbocycles. The van der Waals surface area contributed by atoms with Gasteiger partial charge in [-0.1, -0.05) is 13.8 Å². The molecule has 1 N–H and O–H groups in total. The number of hydrogen-bond donors (Lipinski definition) is 1. The third kappa shape index (κ3) is 3.98. The second-order valence-corrected chi connectivity index (χ2v) is 4.99. The van der Waals surface area contributed by atoms with Crippen LogP contribution in [-0.2, 0) is 11.3 Å². The fraction of sp³-hybridized carbons (Fsp3) is 0.636. The number of rotatable bonds is 6. The number of ether oxygens (including phenoxy) is 1. The third-order valence-corrected chi connectivity index (χ3v) is 3.36. The molecule has 0 amide bonds. The van der Waals surface area contributed by atoms with E-state index in [1.165, 1.54) is 0 Å². The van der Waals surface area contributed by atoms with Crippen molar-refractivity contribution in [2.75, 3.05) is 19.5 Å². The Hall–Kier alpha value is -0.810. The summed E-state index contributed by atoms with van der Waals surface area (Å²) in [6, 6.07) is 1.97. The summed E-state index contributed by atoms with van der Waals surface area (Å²) in [5, 5.41) is 4.60. The largest absolute Gasteiger partial charge is 0.377 e. The zero-order chi connectivity index (χ0) is 12.0. The molecule has 0 spiro atoms. The van der Waals surface area contributed by atoms with Crippen molar-refractivity contribution in [3.05, 3.63) is 11.9 Å². The molecule has 1 rings (SSSR count). The van der Waals surface area contributed by atoms with Gasteiger partial charge in [0.15, 0.2) is 5.82 Å². The Balaban J connectivity index is 2.85. The number of nitrogens with zero attached hydrogens (tertiary/aromatic N) is 2. The number of hydrogen-bond acceptors (Lipinski definition) is 5. The van der Waals surface area contributed by atoms with Crippen molar-refractivity contribution in [2.45, 2.75) is 37.2 Å². The number of thioether (sulfide) groups is 1. The van der Waals surface area contributed by atoms with E-state index in [1.54, 1.807) is 18.9 Å².